The summed E-state index contributed by atoms with van der Waals surface area (Å²) in [6.45, 7) is 1.13. The Bertz CT molecular complexity index is 1450. The van der Waals surface area contributed by atoms with Crippen molar-refractivity contribution in [1.29, 1.82) is 0 Å². The number of hydrogen-bond acceptors (Lipinski definition) is 8. The van der Waals surface area contributed by atoms with E-state index in [1.165, 1.54) is 16.4 Å². The number of nitrogens with zero attached hydrogens (tertiary/aromatic N) is 3. The van der Waals surface area contributed by atoms with Gasteiger partial charge in [-0.05, 0) is 55.7 Å². The number of pyridine rings is 1. The van der Waals surface area contributed by atoms with Crippen molar-refractivity contribution >= 4 is 36.8 Å². The average Bonchev–Trinajstić information content (AvgIpc) is 3.48. The van der Waals surface area contributed by atoms with Gasteiger partial charge in [-0.25, -0.2) is 30.8 Å². The molecule has 2 N–H and O–H groups in total. The van der Waals surface area contributed by atoms with Crippen LogP contribution >= 0.6 is 0 Å². The highest BCUT2D eigenvalue weighted by molar-refractivity contribution is 7.90. The van der Waals surface area contributed by atoms with Crippen LogP contribution in [0.25, 0.3) is 11.0 Å². The molecule has 2 aromatic heterocycles. The van der Waals surface area contributed by atoms with Gasteiger partial charge < -0.3 is 10.2 Å². The van der Waals surface area contributed by atoms with Crippen molar-refractivity contribution in [2.24, 2.45) is 11.8 Å². The van der Waals surface area contributed by atoms with Crippen molar-refractivity contribution in [3.63, 3.8) is 0 Å². The van der Waals surface area contributed by atoms with Gasteiger partial charge in [0.25, 0.3) is 10.0 Å². The summed E-state index contributed by atoms with van der Waals surface area (Å²) in [5.41, 5.74) is 5.29. The van der Waals surface area contributed by atoms with Crippen molar-refractivity contribution in [2.75, 3.05) is 25.4 Å². The molecule has 10 nitrogen and oxygen atoms in total. The normalized spacial score (nSPS) is 21.8. The van der Waals surface area contributed by atoms with Crippen LogP contribution in [0.4, 0.5) is 5.69 Å². The summed E-state index contributed by atoms with van der Waals surface area (Å²) in [6, 6.07) is 10.00. The molecule has 0 spiro atoms. The van der Waals surface area contributed by atoms with Crippen molar-refractivity contribution < 1.29 is 21.6 Å². The van der Waals surface area contributed by atoms with Crippen LogP contribution in [0.3, 0.4) is 0 Å². The molecule has 5 rings (SSSR count). The minimum Gasteiger partial charge on any atom is -0.384 e. The van der Waals surface area contributed by atoms with Gasteiger partial charge in [0.05, 0.1) is 29.2 Å². The Labute approximate surface area is 211 Å². The minimum absolute atomic E-state index is 0.126. The largest absolute Gasteiger partial charge is 0.384 e. The number of anilines is 1. The van der Waals surface area contributed by atoms with Gasteiger partial charge in [-0.15, -0.1) is 0 Å². The topological polar surface area (TPSA) is 123 Å². The highest BCUT2D eigenvalue weighted by atomic mass is 32.2. The average molecular weight is 534 g/mol. The van der Waals surface area contributed by atoms with Crippen LogP contribution in [-0.4, -0.2) is 56.9 Å². The van der Waals surface area contributed by atoms with Gasteiger partial charge in [0.2, 0.25) is 10.0 Å². The fourth-order valence-corrected chi connectivity index (χ4v) is 7.44. The minimum atomic E-state index is -3.80. The molecule has 3 aromatic rings. The fourth-order valence-electron chi connectivity index (χ4n) is 5.36. The molecular formula is C24H31N5O5S2. The fraction of sp³-hybridized carbons (Fsp3) is 0.458. The van der Waals surface area contributed by atoms with E-state index < -0.39 is 26.2 Å². The Kier molecular flexibility index (Phi) is 6.81. The van der Waals surface area contributed by atoms with Gasteiger partial charge in [0.15, 0.2) is 5.65 Å². The summed E-state index contributed by atoms with van der Waals surface area (Å²) in [5, 5.41) is 2.61. The maximum atomic E-state index is 13.2. The van der Waals surface area contributed by atoms with E-state index in [-0.39, 0.29) is 10.8 Å². The molecular weight excluding hydrogens is 502 g/mol. The molecule has 0 amide bonds. The highest BCUT2D eigenvalue weighted by Crippen LogP contribution is 2.37. The van der Waals surface area contributed by atoms with Crippen LogP contribution in [-0.2, 0) is 31.3 Å². The maximum Gasteiger partial charge on any atom is 0.269 e. The lowest BCUT2D eigenvalue weighted by Gasteiger charge is -2.38. The van der Waals surface area contributed by atoms with E-state index in [2.05, 4.69) is 15.1 Å². The second-order valence-electron chi connectivity index (χ2n) is 9.63. The number of nitrogens with one attached hydrogen (secondary N) is 2. The summed E-state index contributed by atoms with van der Waals surface area (Å²) in [7, 11) is -5.56. The van der Waals surface area contributed by atoms with E-state index in [0.717, 1.165) is 43.5 Å². The number of hydrogen-bond donors (Lipinski definition) is 2. The van der Waals surface area contributed by atoms with Gasteiger partial charge in [-0.2, -0.15) is 4.72 Å². The summed E-state index contributed by atoms with van der Waals surface area (Å²) in [5.74, 6) is 0.616. The van der Waals surface area contributed by atoms with E-state index in [0.29, 0.717) is 23.5 Å². The van der Waals surface area contributed by atoms with Crippen LogP contribution in [0.15, 0.2) is 53.7 Å². The Morgan fingerprint density at radius 1 is 1.11 bits per heavy atom. The number of fused-ring (bicyclic) bond motifs is 3. The summed E-state index contributed by atoms with van der Waals surface area (Å²) in [6.07, 6.45) is 7.59. The molecule has 1 aliphatic carbocycles. The van der Waals surface area contributed by atoms with Crippen LogP contribution in [0.1, 0.15) is 31.2 Å². The maximum absolute atomic E-state index is 13.2. The SMILES string of the molecule is COCC1CCC(C(NS(C)(=O)=O)N2Cc3c(cnc4c3ccn4S(=O)(=O)c3ccccc3)N2)CC1. The van der Waals surface area contributed by atoms with Crippen LogP contribution in [0, 0.1) is 11.8 Å². The molecule has 0 bridgehead atoms. The Morgan fingerprint density at radius 3 is 2.50 bits per heavy atom. The third-order valence-electron chi connectivity index (χ3n) is 7.10. The monoisotopic (exact) mass is 533 g/mol. The van der Waals surface area contributed by atoms with E-state index in [1.807, 2.05) is 5.01 Å². The zero-order chi connectivity index (χ0) is 25.5. The zero-order valence-electron chi connectivity index (χ0n) is 20.3. The lowest BCUT2D eigenvalue weighted by atomic mass is 9.81. The predicted molar refractivity (Wildman–Crippen MR) is 137 cm³/mol. The van der Waals surface area contributed by atoms with E-state index in [1.54, 1.807) is 49.7 Å². The standard InChI is InChI=1S/C24H31N5O5S2/c1-34-16-17-8-10-18(11-9-17)23(27-35(2,30)31)28-15-21-20-12-13-29(24(20)25-14-22(21)26-28)36(32,33)19-6-4-3-5-7-19/h3-7,12-14,17-18,23,26-27H,8-11,15-16H2,1-2H3. The third kappa shape index (κ3) is 4.88. The van der Waals surface area contributed by atoms with Crippen molar-refractivity contribution in [2.45, 2.75) is 43.3 Å². The first-order chi connectivity index (χ1) is 17.2. The van der Waals surface area contributed by atoms with Crippen molar-refractivity contribution in [3.05, 3.63) is 54.4 Å². The quantitative estimate of drug-likeness (QED) is 0.453. The Morgan fingerprint density at radius 2 is 1.83 bits per heavy atom. The molecule has 3 heterocycles. The number of aromatic nitrogens is 2. The molecule has 0 radical (unpaired) electrons. The van der Waals surface area contributed by atoms with Crippen molar-refractivity contribution in [3.8, 4) is 0 Å². The number of hydrazine groups is 1. The number of benzene rings is 1. The molecule has 2 aliphatic rings. The first-order valence-corrected chi connectivity index (χ1v) is 15.3. The van der Waals surface area contributed by atoms with Gasteiger partial charge in [0, 0.05) is 37.4 Å². The second-order valence-corrected chi connectivity index (χ2v) is 13.2. The van der Waals surface area contributed by atoms with Gasteiger partial charge >= 0.3 is 0 Å². The molecule has 1 saturated carbocycles. The smallest absolute Gasteiger partial charge is 0.269 e. The summed E-state index contributed by atoms with van der Waals surface area (Å²) < 4.78 is 60.3. The lowest BCUT2D eigenvalue weighted by molar-refractivity contribution is 0.0830. The number of sulfonamides is 1. The van der Waals surface area contributed by atoms with Crippen LogP contribution < -0.4 is 10.1 Å². The van der Waals surface area contributed by atoms with Crippen LogP contribution in [0.2, 0.25) is 0 Å². The first kappa shape index (κ1) is 25.2. The lowest BCUT2D eigenvalue weighted by Crippen LogP contribution is -2.53. The molecule has 1 aliphatic heterocycles. The van der Waals surface area contributed by atoms with E-state index >= 15 is 0 Å². The van der Waals surface area contributed by atoms with E-state index in [9.17, 15) is 16.8 Å². The molecule has 36 heavy (non-hydrogen) atoms. The first-order valence-electron chi connectivity index (χ1n) is 12.0. The number of ether oxygens (including phenoxy) is 1. The second kappa shape index (κ2) is 9.75. The molecule has 1 aromatic carbocycles. The van der Waals surface area contributed by atoms with E-state index in [4.69, 9.17) is 4.74 Å². The van der Waals surface area contributed by atoms with Crippen molar-refractivity contribution in [1.82, 2.24) is 18.7 Å². The zero-order valence-corrected chi connectivity index (χ0v) is 21.9. The van der Waals surface area contributed by atoms with Gasteiger partial charge in [-0.3, -0.25) is 0 Å². The van der Waals surface area contributed by atoms with Gasteiger partial charge in [-0.1, -0.05) is 18.2 Å². The molecule has 1 unspecified atom stereocenters. The van der Waals surface area contributed by atoms with Crippen LogP contribution in [0.5, 0.6) is 0 Å². The molecule has 1 atom stereocenters. The molecule has 12 heteroatoms. The molecule has 194 valence electrons. The number of rotatable bonds is 8. The summed E-state index contributed by atoms with van der Waals surface area (Å²) in [4.78, 5) is 4.64. The highest BCUT2D eigenvalue weighted by Gasteiger charge is 2.37. The third-order valence-corrected chi connectivity index (χ3v) is 9.45. The van der Waals surface area contributed by atoms with Gasteiger partial charge in [0.1, 0.15) is 0 Å². The number of methoxy groups -OCH3 is 1. The molecule has 1 fully saturated rings. The Balaban J connectivity index is 1.44. The summed E-state index contributed by atoms with van der Waals surface area (Å²) >= 11 is 0. The molecule has 0 saturated heterocycles. The Hall–Kier alpha value is -2.51. The predicted octanol–water partition coefficient (Wildman–Crippen LogP) is 2.74.